The first-order valence-corrected chi connectivity index (χ1v) is 8.87. The van der Waals surface area contributed by atoms with Gasteiger partial charge in [-0.2, -0.15) is 10.4 Å². The summed E-state index contributed by atoms with van der Waals surface area (Å²) >= 11 is 0. The van der Waals surface area contributed by atoms with Crippen molar-refractivity contribution in [2.75, 3.05) is 0 Å². The lowest BCUT2D eigenvalue weighted by atomic mass is 10.1. The van der Waals surface area contributed by atoms with Gasteiger partial charge in [0.05, 0.1) is 23.0 Å². The molecule has 0 aliphatic heterocycles. The number of nitrogens with two attached hydrogens (primary N) is 1. The molecule has 0 atom stereocenters. The zero-order chi connectivity index (χ0) is 18.9. The largest absolute Gasteiger partial charge is 0.282 e. The monoisotopic (exact) mass is 374 g/mol. The number of hydrogen-bond donors (Lipinski definition) is 1. The Balaban J connectivity index is 2.27. The van der Waals surface area contributed by atoms with E-state index in [1.54, 1.807) is 18.2 Å². The maximum Gasteiger partial charge on any atom is 0.282 e. The second kappa shape index (κ2) is 6.67. The molecule has 0 unspecified atom stereocenters. The Kier molecular flexibility index (Phi) is 4.54. The fraction of sp³-hybridized carbons (Fsp3) is 0.0588. The van der Waals surface area contributed by atoms with Gasteiger partial charge in [-0.3, -0.25) is 0 Å². The van der Waals surface area contributed by atoms with E-state index in [-0.39, 0.29) is 16.3 Å². The molecule has 3 rings (SSSR count). The van der Waals surface area contributed by atoms with Crippen LogP contribution in [0.3, 0.4) is 0 Å². The highest BCUT2D eigenvalue weighted by atomic mass is 32.2. The summed E-state index contributed by atoms with van der Waals surface area (Å²) in [6.45, 7) is 0. The fourth-order valence-corrected chi connectivity index (χ4v) is 3.20. The Morgan fingerprint density at radius 1 is 1.12 bits per heavy atom. The van der Waals surface area contributed by atoms with Crippen molar-refractivity contribution in [3.63, 3.8) is 0 Å². The van der Waals surface area contributed by atoms with E-state index < -0.39 is 22.1 Å². The van der Waals surface area contributed by atoms with Crippen molar-refractivity contribution in [1.82, 2.24) is 9.78 Å². The summed E-state index contributed by atoms with van der Waals surface area (Å²) in [5, 5.41) is 18.0. The molecule has 0 saturated heterocycles. The molecule has 0 spiro atoms. The fourth-order valence-electron chi connectivity index (χ4n) is 2.48. The molecule has 0 fully saturated rings. The molecule has 0 radical (unpaired) electrons. The van der Waals surface area contributed by atoms with Crippen LogP contribution in [-0.4, -0.2) is 18.2 Å². The summed E-state index contributed by atoms with van der Waals surface area (Å²) in [4.78, 5) is -0.237. The van der Waals surface area contributed by atoms with Gasteiger partial charge in [-0.1, -0.05) is 24.3 Å². The Bertz CT molecular complexity index is 1100. The number of primary sulfonamides is 1. The predicted octanol–water partition coefficient (Wildman–Crippen LogP) is 3.00. The number of nitriles is 1. The summed E-state index contributed by atoms with van der Waals surface area (Å²) in [5.41, 5.74) is 0.696. The summed E-state index contributed by atoms with van der Waals surface area (Å²) in [7, 11) is -4.09. The van der Waals surface area contributed by atoms with E-state index in [4.69, 9.17) is 10.4 Å². The van der Waals surface area contributed by atoms with Crippen LogP contribution in [0.25, 0.3) is 16.9 Å². The van der Waals surface area contributed by atoms with Crippen molar-refractivity contribution in [2.45, 2.75) is 11.3 Å². The molecule has 0 aliphatic carbocycles. The number of alkyl halides is 2. The van der Waals surface area contributed by atoms with Crippen LogP contribution in [0.15, 0.2) is 59.5 Å². The maximum atomic E-state index is 13.2. The Morgan fingerprint density at radius 2 is 1.77 bits per heavy atom. The third kappa shape index (κ3) is 3.33. The average molecular weight is 374 g/mol. The second-order valence-corrected chi connectivity index (χ2v) is 6.90. The standard InChI is InChI=1S/C17H12F2N4O2S/c18-17(19)13-9-15(12-7-5-11(10-20)6-8-12)23(22-13)14-3-1-2-4-16(14)26(21,24)25/h1-9,17H,(H2,21,24,25). The highest BCUT2D eigenvalue weighted by Gasteiger charge is 2.22. The van der Waals surface area contributed by atoms with E-state index in [2.05, 4.69) is 5.10 Å². The maximum absolute atomic E-state index is 13.2. The van der Waals surface area contributed by atoms with Crippen LogP contribution >= 0.6 is 0 Å². The van der Waals surface area contributed by atoms with E-state index in [1.165, 1.54) is 36.4 Å². The van der Waals surface area contributed by atoms with E-state index in [0.717, 1.165) is 4.68 Å². The van der Waals surface area contributed by atoms with Gasteiger partial charge in [0, 0.05) is 5.56 Å². The molecule has 2 aromatic carbocycles. The minimum atomic E-state index is -4.09. The van der Waals surface area contributed by atoms with Crippen molar-refractivity contribution in [1.29, 1.82) is 5.26 Å². The summed E-state index contributed by atoms with van der Waals surface area (Å²) in [5.74, 6) is 0. The Morgan fingerprint density at radius 3 is 2.35 bits per heavy atom. The minimum absolute atomic E-state index is 0.0567. The van der Waals surface area contributed by atoms with Gasteiger partial charge in [-0.25, -0.2) is 27.0 Å². The van der Waals surface area contributed by atoms with E-state index in [9.17, 15) is 17.2 Å². The van der Waals surface area contributed by atoms with E-state index in [1.807, 2.05) is 6.07 Å². The topological polar surface area (TPSA) is 102 Å². The zero-order valence-corrected chi connectivity index (χ0v) is 14.0. The normalized spacial score (nSPS) is 11.5. The highest BCUT2D eigenvalue weighted by Crippen LogP contribution is 2.30. The molecule has 0 bridgehead atoms. The summed E-state index contributed by atoms with van der Waals surface area (Å²) < 4.78 is 51.2. The summed E-state index contributed by atoms with van der Waals surface area (Å²) in [6.07, 6.45) is -2.84. The van der Waals surface area contributed by atoms with Crippen LogP contribution in [0, 0.1) is 11.3 Å². The first-order valence-electron chi connectivity index (χ1n) is 7.32. The molecule has 6 nitrogen and oxygen atoms in total. The van der Waals surface area contributed by atoms with Crippen molar-refractivity contribution < 1.29 is 17.2 Å². The van der Waals surface area contributed by atoms with E-state index in [0.29, 0.717) is 11.1 Å². The van der Waals surface area contributed by atoms with Gasteiger partial charge in [0.1, 0.15) is 10.6 Å². The molecular weight excluding hydrogens is 362 g/mol. The third-order valence-electron chi connectivity index (χ3n) is 3.66. The molecular formula is C17H12F2N4O2S. The van der Waals surface area contributed by atoms with Crippen LogP contribution in [0.1, 0.15) is 17.7 Å². The molecule has 26 heavy (non-hydrogen) atoms. The van der Waals surface area contributed by atoms with Gasteiger partial charge in [0.15, 0.2) is 0 Å². The van der Waals surface area contributed by atoms with Crippen LogP contribution in [0.4, 0.5) is 8.78 Å². The molecule has 2 N–H and O–H groups in total. The molecule has 3 aromatic rings. The van der Waals surface area contributed by atoms with Crippen LogP contribution in [-0.2, 0) is 10.0 Å². The van der Waals surface area contributed by atoms with Crippen LogP contribution in [0.2, 0.25) is 0 Å². The molecule has 9 heteroatoms. The lowest BCUT2D eigenvalue weighted by Crippen LogP contribution is -2.16. The zero-order valence-electron chi connectivity index (χ0n) is 13.2. The Hall–Kier alpha value is -3.09. The Labute approximate surface area is 148 Å². The number of rotatable bonds is 4. The number of halogens is 2. The van der Waals surface area contributed by atoms with Crippen LogP contribution < -0.4 is 5.14 Å². The second-order valence-electron chi connectivity index (χ2n) is 5.37. The van der Waals surface area contributed by atoms with Gasteiger partial charge in [0.25, 0.3) is 6.43 Å². The number of hydrogen-bond acceptors (Lipinski definition) is 4. The SMILES string of the molecule is N#Cc1ccc(-c2cc(C(F)F)nn2-c2ccccc2S(N)(=O)=O)cc1. The average Bonchev–Trinajstić information content (AvgIpc) is 3.06. The van der Waals surface area contributed by atoms with Gasteiger partial charge in [0.2, 0.25) is 10.0 Å². The lowest BCUT2D eigenvalue weighted by molar-refractivity contribution is 0.145. The van der Waals surface area contributed by atoms with Gasteiger partial charge >= 0.3 is 0 Å². The van der Waals surface area contributed by atoms with Crippen molar-refractivity contribution in [2.24, 2.45) is 5.14 Å². The van der Waals surface area contributed by atoms with Crippen LogP contribution in [0.5, 0.6) is 0 Å². The lowest BCUT2D eigenvalue weighted by Gasteiger charge is -2.11. The number of aromatic nitrogens is 2. The molecule has 0 aliphatic rings. The van der Waals surface area contributed by atoms with Crippen molar-refractivity contribution >= 4 is 10.0 Å². The number of sulfonamides is 1. The highest BCUT2D eigenvalue weighted by molar-refractivity contribution is 7.89. The van der Waals surface area contributed by atoms with Crippen molar-refractivity contribution in [3.05, 3.63) is 65.9 Å². The molecule has 0 saturated carbocycles. The van der Waals surface area contributed by atoms with E-state index >= 15 is 0 Å². The predicted molar refractivity (Wildman–Crippen MR) is 90.0 cm³/mol. The molecule has 1 aromatic heterocycles. The van der Waals surface area contributed by atoms with Gasteiger partial charge < -0.3 is 0 Å². The number of para-hydroxylation sites is 1. The molecule has 132 valence electrons. The number of nitrogens with zero attached hydrogens (tertiary/aromatic N) is 3. The third-order valence-corrected chi connectivity index (χ3v) is 4.62. The number of benzene rings is 2. The summed E-state index contributed by atoms with van der Waals surface area (Å²) in [6, 6.07) is 15.1. The molecule has 1 heterocycles. The quantitative estimate of drug-likeness (QED) is 0.758. The van der Waals surface area contributed by atoms with Gasteiger partial charge in [-0.15, -0.1) is 0 Å². The smallest absolute Gasteiger partial charge is 0.231 e. The minimum Gasteiger partial charge on any atom is -0.231 e. The van der Waals surface area contributed by atoms with Crippen molar-refractivity contribution in [3.8, 4) is 23.0 Å². The molecule has 0 amide bonds. The first kappa shape index (κ1) is 17.7. The van der Waals surface area contributed by atoms with Gasteiger partial charge in [-0.05, 0) is 30.3 Å². The first-order chi connectivity index (χ1) is 12.3.